The molecule has 1 N–H and O–H groups in total. The fraction of sp³-hybridized carbons (Fsp3) is 0.235. The lowest BCUT2D eigenvalue weighted by molar-refractivity contribution is 0.101. The van der Waals surface area contributed by atoms with Gasteiger partial charge in [-0.05, 0) is 43.2 Å². The number of ether oxygens (including phenoxy) is 1. The van der Waals surface area contributed by atoms with Crippen LogP contribution in [0.15, 0.2) is 48.5 Å². The van der Waals surface area contributed by atoms with Gasteiger partial charge in [0.05, 0.1) is 0 Å². The molecule has 0 saturated carbocycles. The Balaban J connectivity index is 2.02. The summed E-state index contributed by atoms with van der Waals surface area (Å²) in [5, 5.41) is 10.0. The van der Waals surface area contributed by atoms with Gasteiger partial charge in [0, 0.05) is 5.56 Å². The van der Waals surface area contributed by atoms with Gasteiger partial charge in [-0.2, -0.15) is 0 Å². The van der Waals surface area contributed by atoms with Gasteiger partial charge in [0.2, 0.25) is 0 Å². The van der Waals surface area contributed by atoms with Crippen LogP contribution in [0.25, 0.3) is 0 Å². The van der Waals surface area contributed by atoms with E-state index in [0.717, 1.165) is 11.1 Å². The van der Waals surface area contributed by atoms with E-state index in [2.05, 4.69) is 0 Å². The highest BCUT2D eigenvalue weighted by molar-refractivity contribution is 5.94. The molecule has 0 spiro atoms. The number of benzene rings is 2. The standard InChI is InChI=1S/C17H18O3/c1-12-10-15(13(2)18)8-9-17(12)20-11-16(19)14-6-4-3-5-7-14/h3-10,16,19H,11H2,1-2H3. The Morgan fingerprint density at radius 3 is 2.50 bits per heavy atom. The third-order valence-electron chi connectivity index (χ3n) is 3.16. The normalized spacial score (nSPS) is 11.9. The van der Waals surface area contributed by atoms with Gasteiger partial charge in [-0.25, -0.2) is 0 Å². The highest BCUT2D eigenvalue weighted by atomic mass is 16.5. The number of Topliss-reactive ketones (excluding diaryl/α,β-unsaturated/α-hetero) is 1. The van der Waals surface area contributed by atoms with Crippen molar-refractivity contribution in [1.29, 1.82) is 0 Å². The number of aliphatic hydroxyl groups excluding tert-OH is 1. The zero-order chi connectivity index (χ0) is 14.5. The molecule has 0 saturated heterocycles. The largest absolute Gasteiger partial charge is 0.490 e. The second-order valence-electron chi connectivity index (χ2n) is 4.77. The number of carbonyl (C=O) groups is 1. The van der Waals surface area contributed by atoms with Gasteiger partial charge in [-0.15, -0.1) is 0 Å². The second kappa shape index (κ2) is 6.35. The van der Waals surface area contributed by atoms with E-state index in [9.17, 15) is 9.90 Å². The molecule has 20 heavy (non-hydrogen) atoms. The maximum atomic E-state index is 11.3. The van der Waals surface area contributed by atoms with E-state index in [-0.39, 0.29) is 12.4 Å². The highest BCUT2D eigenvalue weighted by Gasteiger charge is 2.09. The average molecular weight is 270 g/mol. The van der Waals surface area contributed by atoms with E-state index >= 15 is 0 Å². The zero-order valence-electron chi connectivity index (χ0n) is 11.7. The minimum atomic E-state index is -0.664. The number of hydrogen-bond acceptors (Lipinski definition) is 3. The summed E-state index contributed by atoms with van der Waals surface area (Å²) in [4.78, 5) is 11.3. The summed E-state index contributed by atoms with van der Waals surface area (Å²) in [6.45, 7) is 3.61. The monoisotopic (exact) mass is 270 g/mol. The first-order chi connectivity index (χ1) is 9.58. The number of aryl methyl sites for hydroxylation is 1. The first-order valence-corrected chi connectivity index (χ1v) is 6.55. The van der Waals surface area contributed by atoms with Gasteiger partial charge in [-0.3, -0.25) is 4.79 Å². The predicted molar refractivity (Wildman–Crippen MR) is 78.1 cm³/mol. The third kappa shape index (κ3) is 3.45. The topological polar surface area (TPSA) is 46.5 Å². The number of ketones is 1. The Morgan fingerprint density at radius 2 is 1.90 bits per heavy atom. The second-order valence-corrected chi connectivity index (χ2v) is 4.77. The van der Waals surface area contributed by atoms with Crippen molar-refractivity contribution in [1.82, 2.24) is 0 Å². The van der Waals surface area contributed by atoms with E-state index in [1.165, 1.54) is 6.92 Å². The summed E-state index contributed by atoms with van der Waals surface area (Å²) in [6, 6.07) is 14.7. The minimum absolute atomic E-state index is 0.0315. The molecule has 0 bridgehead atoms. The van der Waals surface area contributed by atoms with Crippen LogP contribution >= 0.6 is 0 Å². The quantitative estimate of drug-likeness (QED) is 0.848. The van der Waals surface area contributed by atoms with Crippen LogP contribution in [0.2, 0.25) is 0 Å². The molecule has 0 heterocycles. The summed E-state index contributed by atoms with van der Waals surface area (Å²) in [7, 11) is 0. The molecule has 0 amide bonds. The lowest BCUT2D eigenvalue weighted by Gasteiger charge is -2.14. The van der Waals surface area contributed by atoms with Crippen LogP contribution in [0, 0.1) is 6.92 Å². The fourth-order valence-corrected chi connectivity index (χ4v) is 1.97. The summed E-state index contributed by atoms with van der Waals surface area (Å²) < 4.78 is 5.63. The predicted octanol–water partition coefficient (Wildman–Crippen LogP) is 3.31. The molecule has 3 heteroatoms. The van der Waals surface area contributed by atoms with E-state index < -0.39 is 6.10 Å². The summed E-state index contributed by atoms with van der Waals surface area (Å²) in [6.07, 6.45) is -0.664. The Labute approximate surface area is 118 Å². The van der Waals surface area contributed by atoms with Crippen LogP contribution in [0.1, 0.15) is 34.5 Å². The van der Waals surface area contributed by atoms with Gasteiger partial charge in [-0.1, -0.05) is 30.3 Å². The maximum absolute atomic E-state index is 11.3. The average Bonchev–Trinajstić information content (AvgIpc) is 2.46. The van der Waals surface area contributed by atoms with Crippen LogP contribution in [0.5, 0.6) is 5.75 Å². The van der Waals surface area contributed by atoms with E-state index in [0.29, 0.717) is 11.3 Å². The van der Waals surface area contributed by atoms with Gasteiger partial charge < -0.3 is 9.84 Å². The van der Waals surface area contributed by atoms with E-state index in [4.69, 9.17) is 4.74 Å². The smallest absolute Gasteiger partial charge is 0.159 e. The van der Waals surface area contributed by atoms with Gasteiger partial charge in [0.1, 0.15) is 18.5 Å². The van der Waals surface area contributed by atoms with Crippen molar-refractivity contribution in [2.24, 2.45) is 0 Å². The molecule has 0 radical (unpaired) electrons. The molecule has 2 aromatic rings. The van der Waals surface area contributed by atoms with Crippen molar-refractivity contribution in [2.75, 3.05) is 6.61 Å². The van der Waals surface area contributed by atoms with Crippen LogP contribution < -0.4 is 4.74 Å². The molecule has 2 aromatic carbocycles. The van der Waals surface area contributed by atoms with Gasteiger partial charge in [0.15, 0.2) is 5.78 Å². The summed E-state index contributed by atoms with van der Waals surface area (Å²) in [5.41, 5.74) is 2.38. The molecule has 104 valence electrons. The van der Waals surface area contributed by atoms with Crippen molar-refractivity contribution < 1.29 is 14.6 Å². The van der Waals surface area contributed by atoms with E-state index in [1.54, 1.807) is 18.2 Å². The minimum Gasteiger partial charge on any atom is -0.490 e. The Hall–Kier alpha value is -2.13. The van der Waals surface area contributed by atoms with Crippen LogP contribution in [0.4, 0.5) is 0 Å². The van der Waals surface area contributed by atoms with Crippen molar-refractivity contribution >= 4 is 5.78 Å². The first kappa shape index (κ1) is 14.3. The molecule has 0 aliphatic heterocycles. The van der Waals surface area contributed by atoms with Crippen LogP contribution in [-0.4, -0.2) is 17.5 Å². The molecule has 0 aliphatic carbocycles. The lowest BCUT2D eigenvalue weighted by Crippen LogP contribution is -2.10. The number of aliphatic hydroxyl groups is 1. The maximum Gasteiger partial charge on any atom is 0.159 e. The molecule has 0 fully saturated rings. The summed E-state index contributed by atoms with van der Waals surface area (Å²) in [5.74, 6) is 0.717. The number of rotatable bonds is 5. The molecule has 1 unspecified atom stereocenters. The van der Waals surface area contributed by atoms with Crippen LogP contribution in [0.3, 0.4) is 0 Å². The Bertz CT molecular complexity index is 590. The first-order valence-electron chi connectivity index (χ1n) is 6.55. The van der Waals surface area contributed by atoms with Crippen molar-refractivity contribution in [3.8, 4) is 5.75 Å². The molecular weight excluding hydrogens is 252 g/mol. The number of hydrogen-bond donors (Lipinski definition) is 1. The Kier molecular flexibility index (Phi) is 4.53. The van der Waals surface area contributed by atoms with Gasteiger partial charge in [0.25, 0.3) is 0 Å². The molecule has 1 atom stereocenters. The van der Waals surface area contributed by atoms with Crippen molar-refractivity contribution in [3.63, 3.8) is 0 Å². The number of carbonyl (C=O) groups excluding carboxylic acids is 1. The van der Waals surface area contributed by atoms with Crippen LogP contribution in [-0.2, 0) is 0 Å². The lowest BCUT2D eigenvalue weighted by atomic mass is 10.1. The third-order valence-corrected chi connectivity index (χ3v) is 3.16. The molecule has 0 aliphatic rings. The summed E-state index contributed by atoms with van der Waals surface area (Å²) >= 11 is 0. The van der Waals surface area contributed by atoms with Crippen molar-refractivity contribution in [3.05, 3.63) is 65.2 Å². The SMILES string of the molecule is CC(=O)c1ccc(OCC(O)c2ccccc2)c(C)c1. The van der Waals surface area contributed by atoms with E-state index in [1.807, 2.05) is 37.3 Å². The highest BCUT2D eigenvalue weighted by Crippen LogP contribution is 2.21. The van der Waals surface area contributed by atoms with Gasteiger partial charge >= 0.3 is 0 Å². The molecule has 2 rings (SSSR count). The Morgan fingerprint density at radius 1 is 1.20 bits per heavy atom. The zero-order valence-corrected chi connectivity index (χ0v) is 11.7. The molecule has 3 nitrogen and oxygen atoms in total. The fourth-order valence-electron chi connectivity index (χ4n) is 1.97. The molecule has 0 aromatic heterocycles. The van der Waals surface area contributed by atoms with Crippen molar-refractivity contribution in [2.45, 2.75) is 20.0 Å². The molecular formula is C17H18O3.